The zero-order valence-corrected chi connectivity index (χ0v) is 9.88. The van der Waals surface area contributed by atoms with Crippen molar-refractivity contribution in [2.75, 3.05) is 12.4 Å². The summed E-state index contributed by atoms with van der Waals surface area (Å²) in [5.74, 6) is -1.57. The molecule has 0 spiro atoms. The minimum absolute atomic E-state index is 0.191. The number of rotatable bonds is 3. The molecule has 0 heterocycles. The minimum Gasteiger partial charge on any atom is -0.507 e. The van der Waals surface area contributed by atoms with Crippen molar-refractivity contribution in [2.24, 2.45) is 0 Å². The first kappa shape index (κ1) is 12.2. The van der Waals surface area contributed by atoms with Gasteiger partial charge < -0.3 is 20.4 Å². The van der Waals surface area contributed by atoms with Gasteiger partial charge in [0.2, 0.25) is 0 Å². The van der Waals surface area contributed by atoms with Crippen molar-refractivity contribution in [3.63, 3.8) is 0 Å². The van der Waals surface area contributed by atoms with Crippen LogP contribution >= 0.6 is 0 Å². The van der Waals surface area contributed by atoms with Crippen LogP contribution in [0, 0.1) is 0 Å². The van der Waals surface area contributed by atoms with Crippen LogP contribution in [0.25, 0.3) is 0 Å². The van der Waals surface area contributed by atoms with E-state index in [1.807, 2.05) is 0 Å². The highest BCUT2D eigenvalue weighted by Crippen LogP contribution is 2.27. The molecule has 1 fully saturated rings. The molecule has 1 aliphatic carbocycles. The van der Waals surface area contributed by atoms with Crippen LogP contribution in [0.15, 0.2) is 18.2 Å². The van der Waals surface area contributed by atoms with Crippen molar-refractivity contribution in [2.45, 2.75) is 18.9 Å². The van der Waals surface area contributed by atoms with Gasteiger partial charge in [0, 0.05) is 24.8 Å². The Morgan fingerprint density at radius 3 is 2.56 bits per heavy atom. The van der Waals surface area contributed by atoms with E-state index in [2.05, 4.69) is 5.32 Å². The average Bonchev–Trinajstić information content (AvgIpc) is 3.11. The zero-order valence-electron chi connectivity index (χ0n) is 9.88. The van der Waals surface area contributed by atoms with E-state index in [0.717, 1.165) is 12.8 Å². The van der Waals surface area contributed by atoms with E-state index >= 15 is 0 Å². The molecule has 1 aliphatic rings. The van der Waals surface area contributed by atoms with Gasteiger partial charge in [-0.1, -0.05) is 0 Å². The van der Waals surface area contributed by atoms with Gasteiger partial charge in [-0.25, -0.2) is 9.59 Å². The highest BCUT2D eigenvalue weighted by Gasteiger charge is 2.29. The first-order chi connectivity index (χ1) is 8.49. The monoisotopic (exact) mass is 250 g/mol. The number of amides is 2. The fourth-order valence-electron chi connectivity index (χ4n) is 1.63. The van der Waals surface area contributed by atoms with E-state index < -0.39 is 5.97 Å². The molecular formula is C12H14N2O4. The van der Waals surface area contributed by atoms with Crippen LogP contribution in [0.1, 0.15) is 23.2 Å². The summed E-state index contributed by atoms with van der Waals surface area (Å²) in [6, 6.07) is 3.95. The number of phenols is 1. The number of nitrogens with zero attached hydrogens (tertiary/aromatic N) is 1. The maximum Gasteiger partial charge on any atom is 0.339 e. The Balaban J connectivity index is 2.07. The first-order valence-electron chi connectivity index (χ1n) is 5.59. The number of carbonyl (C=O) groups excluding carboxylic acids is 1. The molecule has 0 saturated heterocycles. The number of nitrogens with one attached hydrogen (secondary N) is 1. The Bertz CT molecular complexity index is 497. The molecule has 6 nitrogen and oxygen atoms in total. The van der Waals surface area contributed by atoms with Crippen molar-refractivity contribution in [1.82, 2.24) is 4.90 Å². The van der Waals surface area contributed by atoms with Crippen molar-refractivity contribution in [3.8, 4) is 5.75 Å². The fourth-order valence-corrected chi connectivity index (χ4v) is 1.63. The molecule has 1 aromatic carbocycles. The van der Waals surface area contributed by atoms with Gasteiger partial charge >= 0.3 is 12.0 Å². The van der Waals surface area contributed by atoms with Crippen LogP contribution in [0.4, 0.5) is 10.5 Å². The lowest BCUT2D eigenvalue weighted by Gasteiger charge is -2.17. The van der Waals surface area contributed by atoms with Crippen molar-refractivity contribution in [3.05, 3.63) is 23.8 Å². The summed E-state index contributed by atoms with van der Waals surface area (Å²) in [5.41, 5.74) is 0.179. The van der Waals surface area contributed by atoms with Gasteiger partial charge in [0.1, 0.15) is 11.3 Å². The van der Waals surface area contributed by atoms with E-state index in [1.165, 1.54) is 18.2 Å². The Morgan fingerprint density at radius 1 is 1.39 bits per heavy atom. The van der Waals surface area contributed by atoms with E-state index in [1.54, 1.807) is 11.9 Å². The summed E-state index contributed by atoms with van der Waals surface area (Å²) in [7, 11) is 1.71. The van der Waals surface area contributed by atoms with Crippen molar-refractivity contribution in [1.29, 1.82) is 0 Å². The van der Waals surface area contributed by atoms with Crippen LogP contribution in [0.3, 0.4) is 0 Å². The number of aromatic carboxylic acids is 1. The summed E-state index contributed by atoms with van der Waals surface area (Å²) in [4.78, 5) is 24.0. The molecule has 0 unspecified atom stereocenters. The second kappa shape index (κ2) is 4.56. The van der Waals surface area contributed by atoms with Crippen molar-refractivity contribution >= 4 is 17.7 Å². The van der Waals surface area contributed by atoms with Gasteiger partial charge in [0.05, 0.1) is 0 Å². The number of hydrogen-bond donors (Lipinski definition) is 3. The third-order valence-electron chi connectivity index (χ3n) is 2.89. The molecule has 2 rings (SSSR count). The zero-order chi connectivity index (χ0) is 13.3. The third-order valence-corrected chi connectivity index (χ3v) is 2.89. The molecule has 0 aromatic heterocycles. The smallest absolute Gasteiger partial charge is 0.339 e. The van der Waals surface area contributed by atoms with Crippen LogP contribution in [-0.4, -0.2) is 40.2 Å². The van der Waals surface area contributed by atoms with Crippen LogP contribution in [0.2, 0.25) is 0 Å². The number of carboxylic acid groups (broad SMARTS) is 1. The predicted molar refractivity (Wildman–Crippen MR) is 64.9 cm³/mol. The number of hydrogen-bond acceptors (Lipinski definition) is 3. The normalized spacial score (nSPS) is 14.1. The summed E-state index contributed by atoms with van der Waals surface area (Å²) in [6.45, 7) is 0. The molecular weight excluding hydrogens is 236 g/mol. The second-order valence-corrected chi connectivity index (χ2v) is 4.31. The number of benzene rings is 1. The summed E-state index contributed by atoms with van der Waals surface area (Å²) in [5, 5.41) is 20.8. The highest BCUT2D eigenvalue weighted by atomic mass is 16.4. The highest BCUT2D eigenvalue weighted by molar-refractivity contribution is 5.94. The molecule has 18 heavy (non-hydrogen) atoms. The molecule has 2 amide bonds. The van der Waals surface area contributed by atoms with Crippen LogP contribution in [0.5, 0.6) is 5.75 Å². The van der Waals surface area contributed by atoms with Gasteiger partial charge in [0.25, 0.3) is 0 Å². The van der Waals surface area contributed by atoms with Gasteiger partial charge in [-0.05, 0) is 25.0 Å². The van der Waals surface area contributed by atoms with E-state index in [4.69, 9.17) is 5.11 Å². The number of aromatic hydroxyl groups is 1. The maximum absolute atomic E-state index is 11.7. The average molecular weight is 250 g/mol. The Labute approximate surface area is 104 Å². The molecule has 0 bridgehead atoms. The maximum atomic E-state index is 11.7. The largest absolute Gasteiger partial charge is 0.507 e. The standard InChI is InChI=1S/C12H14N2O4/c1-14(8-3-4-8)12(18)13-7-2-5-9(11(16)17)10(15)6-7/h2,5-6,8,15H,3-4H2,1H3,(H,13,18)(H,16,17). The van der Waals surface area contributed by atoms with Gasteiger partial charge in [0.15, 0.2) is 0 Å². The molecule has 0 radical (unpaired) electrons. The summed E-state index contributed by atoms with van der Waals surface area (Å²) in [6.07, 6.45) is 2.01. The molecule has 0 atom stereocenters. The first-order valence-corrected chi connectivity index (χ1v) is 5.59. The Morgan fingerprint density at radius 2 is 2.06 bits per heavy atom. The quantitative estimate of drug-likeness (QED) is 0.761. The number of carboxylic acids is 1. The summed E-state index contributed by atoms with van der Waals surface area (Å²) >= 11 is 0. The third kappa shape index (κ3) is 2.53. The molecule has 96 valence electrons. The predicted octanol–water partition coefficient (Wildman–Crippen LogP) is 1.72. The van der Waals surface area contributed by atoms with Crippen molar-refractivity contribution < 1.29 is 19.8 Å². The number of anilines is 1. The van der Waals surface area contributed by atoms with Gasteiger partial charge in [-0.15, -0.1) is 0 Å². The van der Waals surface area contributed by atoms with E-state index in [9.17, 15) is 14.7 Å². The number of urea groups is 1. The SMILES string of the molecule is CN(C(=O)Nc1ccc(C(=O)O)c(O)c1)C1CC1. The minimum atomic E-state index is -1.21. The van der Waals surface area contributed by atoms with Crippen LogP contribution < -0.4 is 5.32 Å². The lowest BCUT2D eigenvalue weighted by Crippen LogP contribution is -2.33. The molecule has 6 heteroatoms. The topological polar surface area (TPSA) is 89.9 Å². The van der Waals surface area contributed by atoms with Crippen LogP contribution in [-0.2, 0) is 0 Å². The fraction of sp³-hybridized carbons (Fsp3) is 0.333. The lowest BCUT2D eigenvalue weighted by atomic mass is 10.2. The molecule has 3 N–H and O–H groups in total. The Kier molecular flexibility index (Phi) is 3.10. The molecule has 0 aliphatic heterocycles. The Hall–Kier alpha value is -2.24. The van der Waals surface area contributed by atoms with Gasteiger partial charge in [-0.3, -0.25) is 0 Å². The van der Waals surface area contributed by atoms with E-state index in [-0.39, 0.29) is 23.4 Å². The second-order valence-electron chi connectivity index (χ2n) is 4.31. The lowest BCUT2D eigenvalue weighted by molar-refractivity contribution is 0.0694. The molecule has 1 saturated carbocycles. The summed E-state index contributed by atoms with van der Waals surface area (Å²) < 4.78 is 0. The number of carbonyl (C=O) groups is 2. The molecule has 1 aromatic rings. The van der Waals surface area contributed by atoms with E-state index in [0.29, 0.717) is 5.69 Å². The van der Waals surface area contributed by atoms with Gasteiger partial charge in [-0.2, -0.15) is 0 Å².